The number of aryl methyl sites for hydroxylation is 1. The number of nitrogens with two attached hydrogens (primary N) is 1. The Morgan fingerprint density at radius 1 is 1.20 bits per heavy atom. The molecule has 2 atom stereocenters. The average molecular weight is 712 g/mol. The predicted molar refractivity (Wildman–Crippen MR) is 197 cm³/mol. The van der Waals surface area contributed by atoms with Crippen molar-refractivity contribution in [2.75, 3.05) is 25.9 Å². The minimum Gasteiger partial charge on any atom is -0.388 e. The van der Waals surface area contributed by atoms with Crippen LogP contribution in [-0.2, 0) is 16.4 Å². The molecule has 0 spiro atoms. The number of hydrogen-bond acceptors (Lipinski definition) is 6. The number of nitrogens with zero attached hydrogens (tertiary/aromatic N) is 4. The van der Waals surface area contributed by atoms with E-state index in [1.165, 1.54) is 10.8 Å². The molecule has 2 aromatic carbocycles. The highest BCUT2D eigenvalue weighted by Crippen LogP contribution is 2.36. The van der Waals surface area contributed by atoms with E-state index in [0.717, 1.165) is 56.1 Å². The van der Waals surface area contributed by atoms with Gasteiger partial charge in [-0.25, -0.2) is 22.3 Å². The second kappa shape index (κ2) is 16.0. The number of fused-ring (bicyclic) bond motifs is 1. The number of hydrogen-bond donors (Lipinski definition) is 3. The van der Waals surface area contributed by atoms with Crippen LogP contribution < -0.4 is 16.1 Å². The lowest BCUT2D eigenvalue weighted by Crippen LogP contribution is -2.45. The van der Waals surface area contributed by atoms with Gasteiger partial charge in [-0.1, -0.05) is 44.0 Å². The van der Waals surface area contributed by atoms with Gasteiger partial charge in [-0.3, -0.25) is 14.5 Å². The van der Waals surface area contributed by atoms with Crippen molar-refractivity contribution in [1.29, 1.82) is 0 Å². The lowest BCUT2D eigenvalue weighted by molar-refractivity contribution is 0.0808. The molecule has 3 heterocycles. The SMILES string of the molecule is CC(N)=NCC[C@@H]1CCC[C@@H](c2ccc(-n3cc4cc(-c5cc(CCCC(C)C)cc(Cl)c5F)[nH]c4nc3=O)cc2)N1CCNS(C)(=O)=O. The number of aromatic nitrogens is 3. The third-order valence-electron chi connectivity index (χ3n) is 9.13. The van der Waals surface area contributed by atoms with Crippen molar-refractivity contribution in [1.82, 2.24) is 24.2 Å². The highest BCUT2D eigenvalue weighted by atomic mass is 35.5. The van der Waals surface area contributed by atoms with Gasteiger partial charge in [0, 0.05) is 48.9 Å². The van der Waals surface area contributed by atoms with Gasteiger partial charge in [-0.05, 0) is 92.8 Å². The van der Waals surface area contributed by atoms with Crippen molar-refractivity contribution in [3.8, 4) is 16.9 Å². The minimum atomic E-state index is -3.32. The molecule has 1 fully saturated rings. The van der Waals surface area contributed by atoms with Gasteiger partial charge in [0.2, 0.25) is 10.0 Å². The number of benzene rings is 2. The summed E-state index contributed by atoms with van der Waals surface area (Å²) in [6.45, 7) is 7.60. The van der Waals surface area contributed by atoms with Gasteiger partial charge < -0.3 is 10.7 Å². The van der Waals surface area contributed by atoms with Crippen molar-refractivity contribution >= 4 is 38.5 Å². The summed E-state index contributed by atoms with van der Waals surface area (Å²) in [7, 11) is -3.32. The number of H-pyrrole nitrogens is 1. The number of nitrogens with one attached hydrogen (secondary N) is 2. The van der Waals surface area contributed by atoms with Crippen LogP contribution in [-0.4, -0.2) is 65.6 Å². The number of halogens is 2. The molecule has 1 aliphatic rings. The molecule has 10 nitrogen and oxygen atoms in total. The van der Waals surface area contributed by atoms with E-state index in [0.29, 0.717) is 59.4 Å². The number of amidine groups is 1. The van der Waals surface area contributed by atoms with Crippen LogP contribution in [0.25, 0.3) is 28.0 Å². The van der Waals surface area contributed by atoms with Crippen molar-refractivity contribution in [2.24, 2.45) is 16.6 Å². The maximum absolute atomic E-state index is 15.2. The van der Waals surface area contributed by atoms with Crippen molar-refractivity contribution in [2.45, 2.75) is 77.8 Å². The fourth-order valence-electron chi connectivity index (χ4n) is 6.77. The first kappa shape index (κ1) is 36.7. The van der Waals surface area contributed by atoms with Crippen LogP contribution in [0.4, 0.5) is 4.39 Å². The fraction of sp³-hybridized carbons (Fsp3) is 0.472. The monoisotopic (exact) mass is 711 g/mol. The molecule has 5 rings (SSSR count). The second-order valence-electron chi connectivity index (χ2n) is 13.5. The smallest absolute Gasteiger partial charge is 0.354 e. The zero-order valence-electron chi connectivity index (χ0n) is 28.7. The first-order valence-corrected chi connectivity index (χ1v) is 19.2. The summed E-state index contributed by atoms with van der Waals surface area (Å²) in [5, 5.41) is 0.728. The molecule has 13 heteroatoms. The predicted octanol–water partition coefficient (Wildman–Crippen LogP) is 6.36. The summed E-state index contributed by atoms with van der Waals surface area (Å²) in [6, 6.07) is 13.4. The van der Waals surface area contributed by atoms with Crippen LogP contribution in [0, 0.1) is 11.7 Å². The summed E-state index contributed by atoms with van der Waals surface area (Å²) >= 11 is 6.30. The van der Waals surface area contributed by atoms with Crippen molar-refractivity contribution in [3.05, 3.63) is 81.1 Å². The van der Waals surface area contributed by atoms with E-state index in [4.69, 9.17) is 17.3 Å². The highest BCUT2D eigenvalue weighted by molar-refractivity contribution is 7.88. The summed E-state index contributed by atoms with van der Waals surface area (Å²) < 4.78 is 42.9. The minimum absolute atomic E-state index is 0.0667. The molecule has 0 radical (unpaired) electrons. The molecule has 264 valence electrons. The molecule has 2 aromatic heterocycles. The van der Waals surface area contributed by atoms with Gasteiger partial charge in [-0.15, -0.1) is 0 Å². The van der Waals surface area contributed by atoms with E-state index in [9.17, 15) is 13.2 Å². The van der Waals surface area contributed by atoms with Crippen LogP contribution in [0.2, 0.25) is 5.02 Å². The summed E-state index contributed by atoms with van der Waals surface area (Å²) in [6.07, 6.45) is 9.49. The first-order chi connectivity index (χ1) is 23.3. The third-order valence-corrected chi connectivity index (χ3v) is 10.1. The number of aromatic amines is 1. The normalized spacial score (nSPS) is 17.7. The zero-order valence-corrected chi connectivity index (χ0v) is 30.2. The fourth-order valence-corrected chi connectivity index (χ4v) is 7.48. The zero-order chi connectivity index (χ0) is 35.3. The molecule has 0 saturated carbocycles. The highest BCUT2D eigenvalue weighted by Gasteiger charge is 2.31. The Morgan fingerprint density at radius 2 is 1.96 bits per heavy atom. The molecule has 0 amide bonds. The van der Waals surface area contributed by atoms with Gasteiger partial charge in [-0.2, -0.15) is 4.98 Å². The Morgan fingerprint density at radius 3 is 2.65 bits per heavy atom. The quantitative estimate of drug-likeness (QED) is 0.103. The number of sulfonamides is 1. The van der Waals surface area contributed by atoms with Gasteiger partial charge in [0.1, 0.15) is 5.65 Å². The van der Waals surface area contributed by atoms with Crippen molar-refractivity contribution in [3.63, 3.8) is 0 Å². The lowest BCUT2D eigenvalue weighted by Gasteiger charge is -2.42. The molecule has 0 aliphatic carbocycles. The standard InChI is InChI=1S/C36H47ClFN7O3S/c1-23(2)7-5-8-25-19-30(34(38)31(37)20-25)32-21-27-22-45(36(46)43-35(27)42-32)29-13-11-26(12-14-29)33-10-6-9-28(15-16-40-24(3)39)44(33)18-17-41-49(4,47)48/h11-14,19-23,28,33,41H,5-10,15-18H2,1-4H3,(H2,39,40)(H,42,43,46)/t28-,33-/m0/s1. The van der Waals surface area contributed by atoms with E-state index in [-0.39, 0.29) is 17.1 Å². The Bertz CT molecular complexity index is 1950. The summed E-state index contributed by atoms with van der Waals surface area (Å²) in [5.41, 5.74) is 9.22. The van der Waals surface area contributed by atoms with Gasteiger partial charge >= 0.3 is 5.69 Å². The van der Waals surface area contributed by atoms with E-state index in [1.807, 2.05) is 30.3 Å². The topological polar surface area (TPSA) is 138 Å². The largest absolute Gasteiger partial charge is 0.388 e. The van der Waals surface area contributed by atoms with Gasteiger partial charge in [0.05, 0.1) is 28.5 Å². The Kier molecular flexibility index (Phi) is 12.0. The number of aliphatic imine (C=N–C) groups is 1. The molecule has 4 N–H and O–H groups in total. The van der Waals surface area contributed by atoms with Crippen LogP contribution >= 0.6 is 11.6 Å². The Labute approximate surface area is 293 Å². The third kappa shape index (κ3) is 9.56. The Hall–Kier alpha value is -3.58. The molecule has 4 aromatic rings. The average Bonchev–Trinajstić information content (AvgIpc) is 3.44. The maximum atomic E-state index is 15.2. The maximum Gasteiger partial charge on any atom is 0.354 e. The van der Waals surface area contributed by atoms with Crippen molar-refractivity contribution < 1.29 is 12.8 Å². The number of rotatable bonds is 14. The Balaban J connectivity index is 1.39. The van der Waals surface area contributed by atoms with Gasteiger partial charge in [0.15, 0.2) is 5.82 Å². The molecule has 1 saturated heterocycles. The summed E-state index contributed by atoms with van der Waals surface area (Å²) in [5.74, 6) is 0.617. The van der Waals surface area contributed by atoms with Gasteiger partial charge in [0.25, 0.3) is 0 Å². The number of likely N-dealkylation sites (tertiary alicyclic amines) is 1. The van der Waals surface area contributed by atoms with E-state index >= 15 is 4.39 Å². The molecule has 1 aliphatic heterocycles. The number of piperidine rings is 1. The molecule has 0 bridgehead atoms. The van der Waals surface area contributed by atoms with Crippen LogP contribution in [0.1, 0.15) is 76.5 Å². The molecule has 49 heavy (non-hydrogen) atoms. The molecular formula is C36H47ClFN7O3S. The van der Waals surface area contributed by atoms with E-state index < -0.39 is 21.5 Å². The van der Waals surface area contributed by atoms with E-state index in [1.54, 1.807) is 25.3 Å². The summed E-state index contributed by atoms with van der Waals surface area (Å²) in [4.78, 5) is 27.4. The lowest BCUT2D eigenvalue weighted by atomic mass is 9.89. The molecular weight excluding hydrogens is 665 g/mol. The van der Waals surface area contributed by atoms with Crippen LogP contribution in [0.15, 0.2) is 58.4 Å². The first-order valence-electron chi connectivity index (χ1n) is 17.0. The van der Waals surface area contributed by atoms with Crippen LogP contribution in [0.5, 0.6) is 0 Å². The van der Waals surface area contributed by atoms with Crippen LogP contribution in [0.3, 0.4) is 0 Å². The van der Waals surface area contributed by atoms with E-state index in [2.05, 4.69) is 38.4 Å². The molecule has 0 unspecified atom stereocenters. The second-order valence-corrected chi connectivity index (χ2v) is 15.8.